The molecule has 126 valence electrons. The molecular formula is C18H27N3OS. The largest absolute Gasteiger partial charge is 0.324 e. The molecule has 2 heterocycles. The third-order valence-electron chi connectivity index (χ3n) is 5.38. The van der Waals surface area contributed by atoms with Crippen LogP contribution in [0.15, 0.2) is 23.1 Å². The predicted molar refractivity (Wildman–Crippen MR) is 97.3 cm³/mol. The van der Waals surface area contributed by atoms with Crippen molar-refractivity contribution in [1.29, 1.82) is 0 Å². The maximum Gasteiger partial charge on any atom is 0.321 e. The number of thioether (sulfide) groups is 1. The fourth-order valence-corrected chi connectivity index (χ4v) is 4.63. The summed E-state index contributed by atoms with van der Waals surface area (Å²) in [5, 5.41) is 3.12. The molecule has 0 radical (unpaired) electrons. The number of anilines is 1. The quantitative estimate of drug-likeness (QED) is 0.839. The Morgan fingerprint density at radius 3 is 2.91 bits per heavy atom. The fourth-order valence-electron chi connectivity index (χ4n) is 4.00. The summed E-state index contributed by atoms with van der Waals surface area (Å²) >= 11 is 1.72. The van der Waals surface area contributed by atoms with Crippen molar-refractivity contribution in [3.63, 3.8) is 0 Å². The lowest BCUT2D eigenvalue weighted by atomic mass is 9.84. The van der Waals surface area contributed by atoms with Crippen molar-refractivity contribution in [2.75, 3.05) is 38.3 Å². The summed E-state index contributed by atoms with van der Waals surface area (Å²) in [5.74, 6) is 0.631. The summed E-state index contributed by atoms with van der Waals surface area (Å²) in [5.41, 5.74) is 2.09. The second kappa shape index (κ2) is 7.14. The van der Waals surface area contributed by atoms with Crippen molar-refractivity contribution in [3.05, 3.63) is 23.8 Å². The van der Waals surface area contributed by atoms with Gasteiger partial charge in [0.15, 0.2) is 0 Å². The highest BCUT2D eigenvalue weighted by Gasteiger charge is 2.35. The number of urea groups is 1. The first-order valence-electron chi connectivity index (χ1n) is 8.50. The second-order valence-electron chi connectivity index (χ2n) is 6.75. The molecule has 1 aromatic carbocycles. The predicted octanol–water partition coefficient (Wildman–Crippen LogP) is 3.66. The first kappa shape index (κ1) is 16.7. The summed E-state index contributed by atoms with van der Waals surface area (Å²) in [6.45, 7) is 5.03. The minimum atomic E-state index is 0.0537. The van der Waals surface area contributed by atoms with Crippen molar-refractivity contribution in [2.45, 2.75) is 37.1 Å². The number of nitrogens with one attached hydrogen (secondary N) is 1. The Balaban J connectivity index is 1.65. The average Bonchev–Trinajstić information content (AvgIpc) is 2.56. The Kier molecular flexibility index (Phi) is 5.17. The van der Waals surface area contributed by atoms with Crippen molar-refractivity contribution in [3.8, 4) is 0 Å². The van der Waals surface area contributed by atoms with E-state index in [1.807, 2.05) is 17.0 Å². The van der Waals surface area contributed by atoms with E-state index in [4.69, 9.17) is 0 Å². The van der Waals surface area contributed by atoms with Gasteiger partial charge in [0.05, 0.1) is 0 Å². The van der Waals surface area contributed by atoms with Gasteiger partial charge in [-0.3, -0.25) is 0 Å². The highest BCUT2D eigenvalue weighted by atomic mass is 32.2. The molecule has 1 aromatic rings. The first-order valence-corrected chi connectivity index (χ1v) is 9.72. The number of carbonyl (C=O) groups excluding carboxylic acids is 1. The summed E-state index contributed by atoms with van der Waals surface area (Å²) in [6.07, 6.45) is 5.67. The van der Waals surface area contributed by atoms with Gasteiger partial charge in [-0.25, -0.2) is 4.79 Å². The van der Waals surface area contributed by atoms with Crippen molar-refractivity contribution in [2.24, 2.45) is 5.92 Å². The number of amides is 2. The summed E-state index contributed by atoms with van der Waals surface area (Å²) < 4.78 is 0. The molecule has 0 bridgehead atoms. The first-order chi connectivity index (χ1) is 11.1. The topological polar surface area (TPSA) is 35.6 Å². The zero-order valence-electron chi connectivity index (χ0n) is 14.3. The van der Waals surface area contributed by atoms with Gasteiger partial charge in [-0.1, -0.05) is 6.07 Å². The third-order valence-corrected chi connectivity index (χ3v) is 6.26. The molecule has 2 saturated heterocycles. The standard InChI is InChI=1S/C18H27N3OS/c1-13-15(7-4-8-17(13)23-3)19-18(22)21-11-9-16-14(12-21)6-5-10-20(16)2/h4,7-8,14,16H,5-6,9-12H2,1-3H3,(H,19,22). The molecule has 2 fully saturated rings. The molecule has 4 nitrogen and oxygen atoms in total. The molecule has 3 rings (SSSR count). The number of rotatable bonds is 2. The molecule has 2 amide bonds. The molecule has 0 aliphatic carbocycles. The van der Waals surface area contributed by atoms with E-state index in [0.717, 1.165) is 30.8 Å². The molecule has 5 heteroatoms. The number of nitrogens with zero attached hydrogens (tertiary/aromatic N) is 2. The highest BCUT2D eigenvalue weighted by molar-refractivity contribution is 7.98. The molecule has 23 heavy (non-hydrogen) atoms. The van der Waals surface area contributed by atoms with Crippen LogP contribution in [0.4, 0.5) is 10.5 Å². The van der Waals surface area contributed by atoms with Gasteiger partial charge in [-0.05, 0) is 69.6 Å². The zero-order valence-corrected chi connectivity index (χ0v) is 15.2. The molecule has 0 saturated carbocycles. The van der Waals surface area contributed by atoms with E-state index in [-0.39, 0.29) is 6.03 Å². The van der Waals surface area contributed by atoms with E-state index in [1.165, 1.54) is 24.3 Å². The minimum Gasteiger partial charge on any atom is -0.324 e. The number of hydrogen-bond acceptors (Lipinski definition) is 3. The minimum absolute atomic E-state index is 0.0537. The van der Waals surface area contributed by atoms with Crippen LogP contribution in [-0.4, -0.2) is 54.8 Å². The Morgan fingerprint density at radius 1 is 1.30 bits per heavy atom. The van der Waals surface area contributed by atoms with E-state index in [1.54, 1.807) is 11.8 Å². The molecule has 2 atom stereocenters. The zero-order chi connectivity index (χ0) is 16.4. The van der Waals surface area contributed by atoms with Crippen LogP contribution < -0.4 is 5.32 Å². The lowest BCUT2D eigenvalue weighted by Gasteiger charge is -2.45. The van der Waals surface area contributed by atoms with E-state index >= 15 is 0 Å². The van der Waals surface area contributed by atoms with Gasteiger partial charge in [-0.15, -0.1) is 11.8 Å². The average molecular weight is 334 g/mol. The second-order valence-corrected chi connectivity index (χ2v) is 7.60. The molecule has 0 aromatic heterocycles. The maximum atomic E-state index is 12.7. The van der Waals surface area contributed by atoms with Crippen LogP contribution in [0, 0.1) is 12.8 Å². The lowest BCUT2D eigenvalue weighted by Crippen LogP contribution is -2.54. The van der Waals surface area contributed by atoms with Crippen LogP contribution in [0.25, 0.3) is 0 Å². The van der Waals surface area contributed by atoms with E-state index in [2.05, 4.69) is 36.5 Å². The van der Waals surface area contributed by atoms with Gasteiger partial charge in [-0.2, -0.15) is 0 Å². The number of carbonyl (C=O) groups is 1. The molecule has 0 spiro atoms. The summed E-state index contributed by atoms with van der Waals surface area (Å²) in [7, 11) is 2.23. The van der Waals surface area contributed by atoms with Gasteiger partial charge >= 0.3 is 6.03 Å². The SMILES string of the molecule is CSc1cccc(NC(=O)N2CCC3C(CCCN3C)C2)c1C. The Bertz CT molecular complexity index is 577. The number of likely N-dealkylation sites (tertiary alicyclic amines) is 2. The van der Waals surface area contributed by atoms with Crippen molar-refractivity contribution >= 4 is 23.5 Å². The van der Waals surface area contributed by atoms with E-state index in [9.17, 15) is 4.79 Å². The molecule has 2 aliphatic rings. The molecular weight excluding hydrogens is 306 g/mol. The van der Waals surface area contributed by atoms with Gasteiger partial charge in [0, 0.05) is 29.7 Å². The Hall–Kier alpha value is -1.20. The molecule has 2 aliphatic heterocycles. The van der Waals surface area contributed by atoms with E-state index < -0.39 is 0 Å². The van der Waals surface area contributed by atoms with Gasteiger partial charge in [0.25, 0.3) is 0 Å². The maximum absolute atomic E-state index is 12.7. The van der Waals surface area contributed by atoms with Gasteiger partial charge in [0.1, 0.15) is 0 Å². The lowest BCUT2D eigenvalue weighted by molar-refractivity contribution is 0.0542. The number of piperidine rings is 2. The summed E-state index contributed by atoms with van der Waals surface area (Å²) in [4.78, 5) is 18.4. The number of benzene rings is 1. The Morgan fingerprint density at radius 2 is 2.13 bits per heavy atom. The van der Waals surface area contributed by atoms with Crippen LogP contribution in [-0.2, 0) is 0 Å². The third kappa shape index (κ3) is 3.50. The molecule has 2 unspecified atom stereocenters. The van der Waals surface area contributed by atoms with Crippen LogP contribution in [0.5, 0.6) is 0 Å². The van der Waals surface area contributed by atoms with Crippen molar-refractivity contribution < 1.29 is 4.79 Å². The van der Waals surface area contributed by atoms with Gasteiger partial charge in [0.2, 0.25) is 0 Å². The normalized spacial score (nSPS) is 25.1. The monoisotopic (exact) mass is 333 g/mol. The smallest absolute Gasteiger partial charge is 0.321 e. The number of fused-ring (bicyclic) bond motifs is 1. The van der Waals surface area contributed by atoms with Crippen LogP contribution in [0.1, 0.15) is 24.8 Å². The Labute approximate surface area is 143 Å². The van der Waals surface area contributed by atoms with Crippen molar-refractivity contribution in [1.82, 2.24) is 9.80 Å². The highest BCUT2D eigenvalue weighted by Crippen LogP contribution is 2.30. The molecule has 1 N–H and O–H groups in total. The van der Waals surface area contributed by atoms with E-state index in [0.29, 0.717) is 12.0 Å². The summed E-state index contributed by atoms with van der Waals surface area (Å²) in [6, 6.07) is 6.82. The number of hydrogen-bond donors (Lipinski definition) is 1. The van der Waals surface area contributed by atoms with Crippen LogP contribution in [0.2, 0.25) is 0 Å². The fraction of sp³-hybridized carbons (Fsp3) is 0.611. The van der Waals surface area contributed by atoms with Gasteiger partial charge < -0.3 is 15.1 Å². The van der Waals surface area contributed by atoms with Crippen LogP contribution in [0.3, 0.4) is 0 Å². The van der Waals surface area contributed by atoms with Crippen LogP contribution >= 0.6 is 11.8 Å².